The maximum absolute atomic E-state index is 12.2. The van der Waals surface area contributed by atoms with Gasteiger partial charge in [0.05, 0.1) is 5.69 Å². The number of aryl methyl sites for hydroxylation is 3. The van der Waals surface area contributed by atoms with Crippen LogP contribution in [0.4, 0.5) is 13.2 Å². The molecule has 28 heavy (non-hydrogen) atoms. The molecule has 0 radical (unpaired) electrons. The van der Waals surface area contributed by atoms with Gasteiger partial charge in [-0.1, -0.05) is 12.1 Å². The van der Waals surface area contributed by atoms with Gasteiger partial charge in [-0.3, -0.25) is 9.67 Å². The molecule has 2 N–H and O–H groups in total. The zero-order chi connectivity index (χ0) is 20.6. The lowest BCUT2D eigenvalue weighted by atomic mass is 10.1. The monoisotopic (exact) mass is 397 g/mol. The molecule has 0 unspecified atom stereocenters. The molecule has 0 aliphatic rings. The van der Waals surface area contributed by atoms with E-state index < -0.39 is 6.36 Å². The molecular weight excluding hydrogens is 371 g/mol. The summed E-state index contributed by atoms with van der Waals surface area (Å²) in [5.41, 5.74) is 3.06. The van der Waals surface area contributed by atoms with Crippen molar-refractivity contribution in [2.24, 2.45) is 4.99 Å². The normalized spacial score (nSPS) is 12.1. The average molecular weight is 397 g/mol. The second-order valence-electron chi connectivity index (χ2n) is 6.37. The van der Waals surface area contributed by atoms with E-state index in [9.17, 15) is 13.2 Å². The predicted molar refractivity (Wildman–Crippen MR) is 103 cm³/mol. The van der Waals surface area contributed by atoms with Crippen molar-refractivity contribution < 1.29 is 17.9 Å². The topological polar surface area (TPSA) is 63.5 Å². The molecule has 0 spiro atoms. The number of benzene rings is 1. The summed E-state index contributed by atoms with van der Waals surface area (Å²) in [6.45, 7) is 6.20. The van der Waals surface area contributed by atoms with E-state index in [2.05, 4.69) is 31.5 Å². The van der Waals surface area contributed by atoms with Crippen LogP contribution >= 0.6 is 0 Å². The van der Waals surface area contributed by atoms with Crippen molar-refractivity contribution in [3.05, 3.63) is 47.3 Å². The summed E-state index contributed by atoms with van der Waals surface area (Å²) in [6, 6.07) is 7.92. The first-order valence-corrected chi connectivity index (χ1v) is 9.07. The molecule has 154 valence electrons. The maximum atomic E-state index is 12.2. The summed E-state index contributed by atoms with van der Waals surface area (Å²) < 4.78 is 42.3. The van der Waals surface area contributed by atoms with Gasteiger partial charge in [0.15, 0.2) is 5.96 Å². The highest BCUT2D eigenvalue weighted by Gasteiger charge is 2.30. The zero-order valence-electron chi connectivity index (χ0n) is 16.3. The Bertz CT molecular complexity index is 769. The summed E-state index contributed by atoms with van der Waals surface area (Å²) in [6.07, 6.45) is -3.11. The third kappa shape index (κ3) is 7.50. The number of rotatable bonds is 8. The standard InChI is InChI=1S/C19H26F3N5O/c1-14-13-15(2)27(26-14)12-4-10-24-18(23-3)25-11-9-16-5-7-17(8-6-16)28-19(20,21)22/h5-8,13H,4,9-12H2,1-3H3,(H2,23,24,25). The van der Waals surface area contributed by atoms with Crippen LogP contribution in [0, 0.1) is 13.8 Å². The molecule has 1 heterocycles. The minimum absolute atomic E-state index is 0.218. The van der Waals surface area contributed by atoms with Crippen molar-refractivity contribution in [1.29, 1.82) is 0 Å². The van der Waals surface area contributed by atoms with Gasteiger partial charge in [0.2, 0.25) is 0 Å². The highest BCUT2D eigenvalue weighted by atomic mass is 19.4. The molecule has 0 atom stereocenters. The number of ether oxygens (including phenoxy) is 1. The zero-order valence-corrected chi connectivity index (χ0v) is 16.3. The fraction of sp³-hybridized carbons (Fsp3) is 0.474. The molecule has 0 saturated carbocycles. The van der Waals surface area contributed by atoms with Crippen molar-refractivity contribution in [3.8, 4) is 5.75 Å². The number of hydrogen-bond acceptors (Lipinski definition) is 3. The van der Waals surface area contributed by atoms with Crippen LogP contribution in [0.5, 0.6) is 5.75 Å². The third-order valence-electron chi connectivity index (χ3n) is 4.03. The van der Waals surface area contributed by atoms with Crippen LogP contribution in [0.25, 0.3) is 0 Å². The van der Waals surface area contributed by atoms with E-state index in [0.29, 0.717) is 18.9 Å². The number of aliphatic imine (C=N–C) groups is 1. The van der Waals surface area contributed by atoms with Crippen LogP contribution in [0.15, 0.2) is 35.3 Å². The van der Waals surface area contributed by atoms with Gasteiger partial charge in [-0.15, -0.1) is 13.2 Å². The molecule has 0 fully saturated rings. The van der Waals surface area contributed by atoms with Crippen molar-refractivity contribution >= 4 is 5.96 Å². The van der Waals surface area contributed by atoms with Gasteiger partial charge in [0.1, 0.15) is 5.75 Å². The van der Waals surface area contributed by atoms with E-state index in [4.69, 9.17) is 0 Å². The minimum Gasteiger partial charge on any atom is -0.406 e. The molecule has 1 aromatic heterocycles. The molecular formula is C19H26F3N5O. The Morgan fingerprint density at radius 3 is 2.39 bits per heavy atom. The number of hydrogen-bond donors (Lipinski definition) is 2. The van der Waals surface area contributed by atoms with Gasteiger partial charge >= 0.3 is 6.36 Å². The fourth-order valence-corrected chi connectivity index (χ4v) is 2.74. The molecule has 0 aliphatic carbocycles. The van der Waals surface area contributed by atoms with Crippen molar-refractivity contribution in [3.63, 3.8) is 0 Å². The predicted octanol–water partition coefficient (Wildman–Crippen LogP) is 3.20. The van der Waals surface area contributed by atoms with Gasteiger partial charge in [0, 0.05) is 32.4 Å². The molecule has 6 nitrogen and oxygen atoms in total. The Kier molecular flexibility index (Phi) is 7.71. The van der Waals surface area contributed by atoms with Crippen molar-refractivity contribution in [2.45, 2.75) is 39.6 Å². The average Bonchev–Trinajstić information content (AvgIpc) is 2.94. The fourth-order valence-electron chi connectivity index (χ4n) is 2.74. The number of guanidine groups is 1. The lowest BCUT2D eigenvalue weighted by Crippen LogP contribution is -2.39. The third-order valence-corrected chi connectivity index (χ3v) is 4.03. The van der Waals surface area contributed by atoms with E-state index >= 15 is 0 Å². The van der Waals surface area contributed by atoms with Crippen LogP contribution in [-0.4, -0.2) is 42.2 Å². The van der Waals surface area contributed by atoms with E-state index in [1.165, 1.54) is 12.1 Å². The molecule has 2 rings (SSSR count). The quantitative estimate of drug-likeness (QED) is 0.408. The first kappa shape index (κ1) is 21.6. The summed E-state index contributed by atoms with van der Waals surface area (Å²) >= 11 is 0. The molecule has 0 saturated heterocycles. The number of aromatic nitrogens is 2. The Balaban J connectivity index is 1.67. The highest BCUT2D eigenvalue weighted by molar-refractivity contribution is 5.79. The van der Waals surface area contributed by atoms with Crippen LogP contribution in [0.3, 0.4) is 0 Å². The van der Waals surface area contributed by atoms with E-state index in [1.54, 1.807) is 19.2 Å². The Morgan fingerprint density at radius 1 is 1.14 bits per heavy atom. The lowest BCUT2D eigenvalue weighted by Gasteiger charge is -2.13. The Morgan fingerprint density at radius 2 is 1.82 bits per heavy atom. The second-order valence-corrected chi connectivity index (χ2v) is 6.37. The van der Waals surface area contributed by atoms with E-state index in [-0.39, 0.29) is 5.75 Å². The number of alkyl halides is 3. The van der Waals surface area contributed by atoms with E-state index in [0.717, 1.165) is 36.5 Å². The van der Waals surface area contributed by atoms with Gasteiger partial charge in [-0.25, -0.2) is 0 Å². The maximum Gasteiger partial charge on any atom is 0.573 e. The van der Waals surface area contributed by atoms with Crippen molar-refractivity contribution in [2.75, 3.05) is 20.1 Å². The second kappa shape index (κ2) is 10.0. The van der Waals surface area contributed by atoms with Crippen LogP contribution in [-0.2, 0) is 13.0 Å². The molecule has 0 aliphatic heterocycles. The van der Waals surface area contributed by atoms with Gasteiger partial charge in [-0.2, -0.15) is 5.10 Å². The largest absolute Gasteiger partial charge is 0.573 e. The smallest absolute Gasteiger partial charge is 0.406 e. The SMILES string of the molecule is CN=C(NCCCn1nc(C)cc1C)NCCc1ccc(OC(F)(F)F)cc1. The summed E-state index contributed by atoms with van der Waals surface area (Å²) in [5, 5.41) is 10.9. The van der Waals surface area contributed by atoms with E-state index in [1.807, 2.05) is 18.5 Å². The summed E-state index contributed by atoms with van der Waals surface area (Å²) in [4.78, 5) is 4.17. The molecule has 9 heteroatoms. The number of halogens is 3. The summed E-state index contributed by atoms with van der Waals surface area (Å²) in [5.74, 6) is 0.467. The van der Waals surface area contributed by atoms with Gasteiger partial charge < -0.3 is 15.4 Å². The Hall–Kier alpha value is -2.71. The van der Waals surface area contributed by atoms with Gasteiger partial charge in [-0.05, 0) is 50.5 Å². The molecule has 0 amide bonds. The first-order chi connectivity index (χ1) is 13.3. The molecule has 2 aromatic rings. The Labute approximate surface area is 162 Å². The van der Waals surface area contributed by atoms with Crippen LogP contribution < -0.4 is 15.4 Å². The van der Waals surface area contributed by atoms with Crippen molar-refractivity contribution in [1.82, 2.24) is 20.4 Å². The number of nitrogens with one attached hydrogen (secondary N) is 2. The summed E-state index contributed by atoms with van der Waals surface area (Å²) in [7, 11) is 1.69. The molecule has 1 aromatic carbocycles. The minimum atomic E-state index is -4.67. The van der Waals surface area contributed by atoms with Crippen LogP contribution in [0.1, 0.15) is 23.4 Å². The number of nitrogens with zero attached hydrogens (tertiary/aromatic N) is 3. The lowest BCUT2D eigenvalue weighted by molar-refractivity contribution is -0.274. The van der Waals surface area contributed by atoms with Gasteiger partial charge in [0.25, 0.3) is 0 Å². The first-order valence-electron chi connectivity index (χ1n) is 9.07. The molecule has 0 bridgehead atoms. The highest BCUT2D eigenvalue weighted by Crippen LogP contribution is 2.22. The van der Waals surface area contributed by atoms with Crippen LogP contribution in [0.2, 0.25) is 0 Å².